The summed E-state index contributed by atoms with van der Waals surface area (Å²) in [5, 5.41) is 8.88. The van der Waals surface area contributed by atoms with Gasteiger partial charge in [-0.1, -0.05) is 6.92 Å². The predicted molar refractivity (Wildman–Crippen MR) is 55.1 cm³/mol. The van der Waals surface area contributed by atoms with Crippen molar-refractivity contribution < 1.29 is 14.7 Å². The van der Waals surface area contributed by atoms with Gasteiger partial charge < -0.3 is 14.9 Å². The zero-order chi connectivity index (χ0) is 11.4. The van der Waals surface area contributed by atoms with E-state index in [4.69, 9.17) is 5.11 Å². The lowest BCUT2D eigenvalue weighted by Crippen LogP contribution is -2.54. The van der Waals surface area contributed by atoms with Crippen molar-refractivity contribution in [1.82, 2.24) is 9.80 Å². The average Bonchev–Trinajstić information content (AvgIpc) is 2.22. The highest BCUT2D eigenvalue weighted by Crippen LogP contribution is 2.07. The number of nitrogens with zero attached hydrogens (tertiary/aromatic N) is 2. The Morgan fingerprint density at radius 3 is 2.33 bits per heavy atom. The van der Waals surface area contributed by atoms with Crippen LogP contribution >= 0.6 is 0 Å². The second kappa shape index (κ2) is 5.11. The molecule has 0 saturated carbocycles. The maximum absolute atomic E-state index is 11.6. The Hall–Kier alpha value is -1.10. The molecule has 1 heterocycles. The number of aliphatic hydroxyl groups excluding tert-OH is 1. The molecule has 0 radical (unpaired) electrons. The van der Waals surface area contributed by atoms with Gasteiger partial charge in [0.25, 0.3) is 0 Å². The summed E-state index contributed by atoms with van der Waals surface area (Å²) in [6.07, 6.45) is 0. The first kappa shape index (κ1) is 12.0. The van der Waals surface area contributed by atoms with Crippen molar-refractivity contribution in [2.45, 2.75) is 13.8 Å². The van der Waals surface area contributed by atoms with Gasteiger partial charge in [0.2, 0.25) is 11.8 Å². The third kappa shape index (κ3) is 2.92. The fraction of sp³-hybridized carbons (Fsp3) is 0.800. The second-order valence-corrected chi connectivity index (χ2v) is 3.97. The fourth-order valence-corrected chi connectivity index (χ4v) is 1.59. The van der Waals surface area contributed by atoms with Gasteiger partial charge in [-0.3, -0.25) is 9.59 Å². The molecule has 1 aliphatic heterocycles. The van der Waals surface area contributed by atoms with E-state index in [0.717, 1.165) is 0 Å². The highest BCUT2D eigenvalue weighted by molar-refractivity contribution is 5.92. The number of rotatable bonds is 4. The molecule has 1 atom stereocenters. The Morgan fingerprint density at radius 1 is 1.27 bits per heavy atom. The van der Waals surface area contributed by atoms with Gasteiger partial charge in [-0.15, -0.1) is 0 Å². The molecule has 0 aromatic rings. The molecule has 0 aromatic heterocycles. The first-order chi connectivity index (χ1) is 7.08. The van der Waals surface area contributed by atoms with Gasteiger partial charge in [0, 0.05) is 19.7 Å². The topological polar surface area (TPSA) is 60.9 Å². The number of carbonyl (C=O) groups is 2. The summed E-state index contributed by atoms with van der Waals surface area (Å²) in [6, 6.07) is 0. The van der Waals surface area contributed by atoms with Crippen LogP contribution in [0.1, 0.15) is 13.8 Å². The number of amides is 2. The summed E-state index contributed by atoms with van der Waals surface area (Å²) >= 11 is 0. The summed E-state index contributed by atoms with van der Waals surface area (Å²) in [6.45, 7) is 5.10. The van der Waals surface area contributed by atoms with Gasteiger partial charge >= 0.3 is 0 Å². The monoisotopic (exact) mass is 214 g/mol. The third-order valence-corrected chi connectivity index (χ3v) is 2.58. The number of carbonyl (C=O) groups excluding carboxylic acids is 2. The molecule has 0 spiro atoms. The standard InChI is InChI=1S/C10H18N2O3/c1-3-11-5-10(15)12(6-9(11)14)4-8(2)7-13/h8,13H,3-7H2,1-2H3. The maximum Gasteiger partial charge on any atom is 0.242 e. The van der Waals surface area contributed by atoms with Gasteiger partial charge in [-0.2, -0.15) is 0 Å². The predicted octanol–water partition coefficient (Wildman–Crippen LogP) is -0.694. The number of likely N-dealkylation sites (N-methyl/N-ethyl adjacent to an activating group) is 1. The zero-order valence-electron chi connectivity index (χ0n) is 9.27. The quantitative estimate of drug-likeness (QED) is 0.673. The van der Waals surface area contributed by atoms with Crippen molar-refractivity contribution in [3.05, 3.63) is 0 Å². The zero-order valence-corrected chi connectivity index (χ0v) is 9.27. The normalized spacial score (nSPS) is 19.7. The van der Waals surface area contributed by atoms with Crippen LogP contribution in [0.15, 0.2) is 0 Å². The molecule has 0 aromatic carbocycles. The van der Waals surface area contributed by atoms with E-state index in [0.29, 0.717) is 13.1 Å². The molecule has 1 unspecified atom stereocenters. The minimum absolute atomic E-state index is 0.0118. The molecule has 1 fully saturated rings. The molecule has 0 bridgehead atoms. The Morgan fingerprint density at radius 2 is 1.80 bits per heavy atom. The van der Waals surface area contributed by atoms with Gasteiger partial charge in [-0.05, 0) is 12.8 Å². The molecule has 1 N–H and O–H groups in total. The van der Waals surface area contributed by atoms with Crippen LogP contribution in [0.2, 0.25) is 0 Å². The lowest BCUT2D eigenvalue weighted by Gasteiger charge is -2.34. The molecule has 2 amide bonds. The van der Waals surface area contributed by atoms with Crippen LogP contribution in [-0.2, 0) is 9.59 Å². The van der Waals surface area contributed by atoms with E-state index < -0.39 is 0 Å². The van der Waals surface area contributed by atoms with Crippen molar-refractivity contribution >= 4 is 11.8 Å². The van der Waals surface area contributed by atoms with E-state index in [1.165, 1.54) is 4.90 Å². The molecule has 5 nitrogen and oxygen atoms in total. The summed E-state index contributed by atoms with van der Waals surface area (Å²) < 4.78 is 0. The molecular weight excluding hydrogens is 196 g/mol. The lowest BCUT2D eigenvalue weighted by molar-refractivity contribution is -0.150. The SMILES string of the molecule is CCN1CC(=O)N(CC(C)CO)CC1=O. The molecule has 0 aliphatic carbocycles. The number of piperazine rings is 1. The van der Waals surface area contributed by atoms with Gasteiger partial charge in [0.15, 0.2) is 0 Å². The van der Waals surface area contributed by atoms with Crippen molar-refractivity contribution in [3.63, 3.8) is 0 Å². The van der Waals surface area contributed by atoms with Crippen molar-refractivity contribution in [1.29, 1.82) is 0 Å². The van der Waals surface area contributed by atoms with Gasteiger partial charge in [0.05, 0.1) is 13.1 Å². The molecule has 5 heteroatoms. The Labute approximate surface area is 89.7 Å². The van der Waals surface area contributed by atoms with Crippen molar-refractivity contribution in [3.8, 4) is 0 Å². The fourth-order valence-electron chi connectivity index (χ4n) is 1.59. The van der Waals surface area contributed by atoms with Crippen LogP contribution in [0.25, 0.3) is 0 Å². The van der Waals surface area contributed by atoms with Crippen LogP contribution in [0.3, 0.4) is 0 Å². The summed E-state index contributed by atoms with van der Waals surface area (Å²) in [4.78, 5) is 26.2. The third-order valence-electron chi connectivity index (χ3n) is 2.58. The van der Waals surface area contributed by atoms with E-state index in [9.17, 15) is 9.59 Å². The van der Waals surface area contributed by atoms with Crippen LogP contribution in [-0.4, -0.2) is 59.5 Å². The van der Waals surface area contributed by atoms with Crippen LogP contribution in [0.5, 0.6) is 0 Å². The van der Waals surface area contributed by atoms with Crippen LogP contribution in [0.4, 0.5) is 0 Å². The number of hydrogen-bond acceptors (Lipinski definition) is 3. The maximum atomic E-state index is 11.6. The molecule has 86 valence electrons. The van der Waals surface area contributed by atoms with E-state index in [1.807, 2.05) is 13.8 Å². The summed E-state index contributed by atoms with van der Waals surface area (Å²) in [7, 11) is 0. The average molecular weight is 214 g/mol. The van der Waals surface area contributed by atoms with Gasteiger partial charge in [0.1, 0.15) is 0 Å². The Bertz CT molecular complexity index is 255. The molecule has 15 heavy (non-hydrogen) atoms. The van der Waals surface area contributed by atoms with Gasteiger partial charge in [-0.25, -0.2) is 0 Å². The molecule has 1 aliphatic rings. The number of hydrogen-bond donors (Lipinski definition) is 1. The number of aliphatic hydroxyl groups is 1. The van der Waals surface area contributed by atoms with Crippen molar-refractivity contribution in [2.75, 3.05) is 32.8 Å². The van der Waals surface area contributed by atoms with E-state index in [2.05, 4.69) is 0 Å². The highest BCUT2D eigenvalue weighted by Gasteiger charge is 2.29. The van der Waals surface area contributed by atoms with E-state index in [-0.39, 0.29) is 37.4 Å². The Kier molecular flexibility index (Phi) is 4.08. The lowest BCUT2D eigenvalue weighted by atomic mass is 10.1. The molecule has 1 rings (SSSR count). The highest BCUT2D eigenvalue weighted by atomic mass is 16.3. The molecule has 1 saturated heterocycles. The minimum atomic E-state index is -0.0308. The largest absolute Gasteiger partial charge is 0.396 e. The summed E-state index contributed by atoms with van der Waals surface area (Å²) in [5.41, 5.74) is 0. The van der Waals surface area contributed by atoms with E-state index >= 15 is 0 Å². The second-order valence-electron chi connectivity index (χ2n) is 3.97. The Balaban J connectivity index is 2.55. The van der Waals surface area contributed by atoms with Crippen LogP contribution in [0, 0.1) is 5.92 Å². The van der Waals surface area contributed by atoms with Crippen molar-refractivity contribution in [2.24, 2.45) is 5.92 Å². The minimum Gasteiger partial charge on any atom is -0.396 e. The smallest absolute Gasteiger partial charge is 0.242 e. The van der Waals surface area contributed by atoms with E-state index in [1.54, 1.807) is 4.90 Å². The van der Waals surface area contributed by atoms with Crippen LogP contribution < -0.4 is 0 Å². The first-order valence-electron chi connectivity index (χ1n) is 5.24. The first-order valence-corrected chi connectivity index (χ1v) is 5.24. The molecular formula is C10H18N2O3. The summed E-state index contributed by atoms with van der Waals surface area (Å²) in [5.74, 6) is -0.0195.